The van der Waals surface area contributed by atoms with Crippen LogP contribution >= 0.6 is 11.6 Å². The Morgan fingerprint density at radius 1 is 1.25 bits per heavy atom. The Hall–Kier alpha value is -2.20. The summed E-state index contributed by atoms with van der Waals surface area (Å²) in [6, 6.07) is 7.49. The second-order valence-electron chi connectivity index (χ2n) is 4.73. The van der Waals surface area contributed by atoms with Crippen molar-refractivity contribution in [2.45, 2.75) is 6.92 Å². The third-order valence-electron chi connectivity index (χ3n) is 3.26. The molecule has 100 valence electrons. The minimum absolute atomic E-state index is 0.149. The average Bonchev–Trinajstić information content (AvgIpc) is 2.75. The third kappa shape index (κ3) is 2.08. The zero-order chi connectivity index (χ0) is 14.3. The quantitative estimate of drug-likeness (QED) is 0.537. The van der Waals surface area contributed by atoms with Gasteiger partial charge in [0.2, 0.25) is 5.78 Å². The minimum Gasteiger partial charge on any atom is -0.350 e. The first kappa shape index (κ1) is 12.8. The number of fused-ring (bicyclic) bond motifs is 1. The van der Waals surface area contributed by atoms with Crippen molar-refractivity contribution in [2.75, 3.05) is 0 Å². The van der Waals surface area contributed by atoms with Crippen molar-refractivity contribution in [3.63, 3.8) is 0 Å². The van der Waals surface area contributed by atoms with Crippen LogP contribution in [0.5, 0.6) is 0 Å². The summed E-state index contributed by atoms with van der Waals surface area (Å²) in [5, 5.41) is 1.18. The van der Waals surface area contributed by atoms with Crippen molar-refractivity contribution < 1.29 is 4.79 Å². The van der Waals surface area contributed by atoms with Gasteiger partial charge in [-0.1, -0.05) is 23.7 Å². The number of carbonyl (C=O) groups is 1. The Kier molecular flexibility index (Phi) is 3.03. The molecule has 1 aromatic carbocycles. The van der Waals surface area contributed by atoms with Gasteiger partial charge in [0.15, 0.2) is 0 Å². The first-order valence-electron chi connectivity index (χ1n) is 6.14. The fraction of sp³-hybridized carbons (Fsp3) is 0.133. The molecule has 0 aliphatic rings. The molecule has 0 amide bonds. The fourth-order valence-electron chi connectivity index (χ4n) is 2.27. The summed E-state index contributed by atoms with van der Waals surface area (Å²) < 4.78 is 1.94. The number of benzene rings is 1. The highest BCUT2D eigenvalue weighted by Crippen LogP contribution is 2.24. The molecule has 3 rings (SSSR count). The van der Waals surface area contributed by atoms with Crippen molar-refractivity contribution in [1.29, 1.82) is 0 Å². The average molecular weight is 286 g/mol. The molecular weight excluding hydrogens is 274 g/mol. The van der Waals surface area contributed by atoms with Crippen LogP contribution in [0.1, 0.15) is 21.6 Å². The van der Waals surface area contributed by atoms with E-state index in [0.29, 0.717) is 11.3 Å². The Morgan fingerprint density at radius 3 is 2.80 bits per heavy atom. The summed E-state index contributed by atoms with van der Waals surface area (Å²) in [4.78, 5) is 20.3. The third-order valence-corrected chi connectivity index (χ3v) is 3.46. The monoisotopic (exact) mass is 285 g/mol. The molecule has 0 radical (unpaired) electrons. The van der Waals surface area contributed by atoms with Crippen LogP contribution in [0.2, 0.25) is 5.15 Å². The normalized spacial score (nSPS) is 10.9. The first-order valence-corrected chi connectivity index (χ1v) is 6.52. The summed E-state index contributed by atoms with van der Waals surface area (Å²) in [7, 11) is 1.92. The number of rotatable bonds is 2. The second kappa shape index (κ2) is 4.72. The first-order chi connectivity index (χ1) is 9.56. The van der Waals surface area contributed by atoms with Crippen LogP contribution in [0.15, 0.2) is 36.8 Å². The van der Waals surface area contributed by atoms with E-state index in [9.17, 15) is 4.79 Å². The van der Waals surface area contributed by atoms with Gasteiger partial charge in [-0.3, -0.25) is 4.79 Å². The van der Waals surface area contributed by atoms with Gasteiger partial charge in [0, 0.05) is 35.8 Å². The molecule has 3 aromatic rings. The number of aryl methyl sites for hydroxylation is 2. The maximum atomic E-state index is 12.5. The van der Waals surface area contributed by atoms with Crippen LogP contribution in [0.4, 0.5) is 0 Å². The lowest BCUT2D eigenvalue weighted by atomic mass is 10.1. The van der Waals surface area contributed by atoms with Crippen LogP contribution in [-0.4, -0.2) is 20.3 Å². The predicted molar refractivity (Wildman–Crippen MR) is 78.1 cm³/mol. The Bertz CT molecular complexity index is 823. The predicted octanol–water partition coefficient (Wildman–Crippen LogP) is 3.16. The van der Waals surface area contributed by atoms with Crippen molar-refractivity contribution in [2.24, 2.45) is 7.05 Å². The van der Waals surface area contributed by atoms with E-state index in [1.54, 1.807) is 0 Å². The second-order valence-corrected chi connectivity index (χ2v) is 5.12. The van der Waals surface area contributed by atoms with E-state index < -0.39 is 0 Å². The number of hydrogen-bond donors (Lipinski definition) is 0. The maximum absolute atomic E-state index is 12.5. The number of hydrogen-bond acceptors (Lipinski definition) is 3. The zero-order valence-corrected chi connectivity index (χ0v) is 11.8. The Labute approximate surface area is 121 Å². The fourth-order valence-corrected chi connectivity index (χ4v) is 2.42. The molecule has 0 unspecified atom stereocenters. The Balaban J connectivity index is 2.17. The number of aromatic nitrogens is 3. The van der Waals surface area contributed by atoms with Gasteiger partial charge in [-0.2, -0.15) is 0 Å². The van der Waals surface area contributed by atoms with E-state index in [4.69, 9.17) is 11.6 Å². The van der Waals surface area contributed by atoms with Gasteiger partial charge >= 0.3 is 0 Å². The summed E-state index contributed by atoms with van der Waals surface area (Å²) in [6.07, 6.45) is 3.12. The molecule has 4 nitrogen and oxygen atoms in total. The molecular formula is C15H12ClN3O. The highest BCUT2D eigenvalue weighted by atomic mass is 35.5. The molecule has 0 fully saturated rings. The van der Waals surface area contributed by atoms with Crippen LogP contribution in [0.25, 0.3) is 10.9 Å². The van der Waals surface area contributed by atoms with Crippen LogP contribution in [0.3, 0.4) is 0 Å². The summed E-state index contributed by atoms with van der Waals surface area (Å²) in [5.41, 5.74) is 3.10. The van der Waals surface area contributed by atoms with Crippen LogP contribution in [0, 0.1) is 6.92 Å². The smallest absolute Gasteiger partial charge is 0.213 e. The van der Waals surface area contributed by atoms with Crippen LogP contribution in [-0.2, 0) is 7.05 Å². The van der Waals surface area contributed by atoms with E-state index in [1.165, 1.54) is 12.4 Å². The molecule has 2 aromatic heterocycles. The van der Waals surface area contributed by atoms with E-state index in [0.717, 1.165) is 16.5 Å². The molecule has 0 N–H and O–H groups in total. The molecule has 20 heavy (non-hydrogen) atoms. The maximum Gasteiger partial charge on any atom is 0.213 e. The van der Waals surface area contributed by atoms with Gasteiger partial charge in [0.1, 0.15) is 17.2 Å². The van der Waals surface area contributed by atoms with Crippen LogP contribution < -0.4 is 0 Å². The summed E-state index contributed by atoms with van der Waals surface area (Å²) in [5.74, 6) is -0.149. The summed E-state index contributed by atoms with van der Waals surface area (Å²) >= 11 is 5.81. The molecule has 0 atom stereocenters. The van der Waals surface area contributed by atoms with Crippen molar-refractivity contribution >= 4 is 28.3 Å². The van der Waals surface area contributed by atoms with Crippen molar-refractivity contribution in [3.05, 3.63) is 58.8 Å². The number of halogens is 1. The van der Waals surface area contributed by atoms with Crippen molar-refractivity contribution in [3.8, 4) is 0 Å². The standard InChI is InChI=1S/C15H12ClN3O/c1-9-3-4-10-11(7-19(2)13(10)5-9)15(20)12-6-14(16)18-8-17-12/h3-8H,1-2H3. The molecule has 0 saturated heterocycles. The molecule has 2 heterocycles. The summed E-state index contributed by atoms with van der Waals surface area (Å²) in [6.45, 7) is 2.03. The van der Waals surface area contributed by atoms with E-state index in [1.807, 2.05) is 36.9 Å². The topological polar surface area (TPSA) is 47.8 Å². The molecule has 0 aliphatic heterocycles. The highest BCUT2D eigenvalue weighted by molar-refractivity contribution is 6.30. The van der Waals surface area contributed by atoms with Crippen molar-refractivity contribution in [1.82, 2.24) is 14.5 Å². The lowest BCUT2D eigenvalue weighted by Crippen LogP contribution is -2.03. The molecule has 0 aliphatic carbocycles. The number of ketones is 1. The van der Waals surface area contributed by atoms with Gasteiger partial charge in [-0.15, -0.1) is 0 Å². The van der Waals surface area contributed by atoms with E-state index in [2.05, 4.69) is 16.0 Å². The van der Waals surface area contributed by atoms with E-state index in [-0.39, 0.29) is 10.9 Å². The minimum atomic E-state index is -0.149. The molecule has 5 heteroatoms. The van der Waals surface area contributed by atoms with Gasteiger partial charge in [-0.05, 0) is 18.6 Å². The van der Waals surface area contributed by atoms with Gasteiger partial charge < -0.3 is 4.57 Å². The number of nitrogens with zero attached hydrogens (tertiary/aromatic N) is 3. The molecule has 0 saturated carbocycles. The SMILES string of the molecule is Cc1ccc2c(C(=O)c3cc(Cl)ncn3)cn(C)c2c1. The zero-order valence-electron chi connectivity index (χ0n) is 11.1. The van der Waals surface area contributed by atoms with Gasteiger partial charge in [0.05, 0.1) is 0 Å². The molecule has 0 bridgehead atoms. The lowest BCUT2D eigenvalue weighted by Gasteiger charge is -1.99. The number of carbonyl (C=O) groups excluding carboxylic acids is 1. The van der Waals surface area contributed by atoms with Gasteiger partial charge in [0.25, 0.3) is 0 Å². The lowest BCUT2D eigenvalue weighted by molar-refractivity contribution is 0.103. The van der Waals surface area contributed by atoms with Gasteiger partial charge in [-0.25, -0.2) is 9.97 Å². The molecule has 0 spiro atoms. The Morgan fingerprint density at radius 2 is 2.05 bits per heavy atom. The highest BCUT2D eigenvalue weighted by Gasteiger charge is 2.17. The van der Waals surface area contributed by atoms with E-state index >= 15 is 0 Å². The largest absolute Gasteiger partial charge is 0.350 e.